The van der Waals surface area contributed by atoms with Crippen molar-refractivity contribution in [3.63, 3.8) is 0 Å². The van der Waals surface area contributed by atoms with Gasteiger partial charge in [0, 0.05) is 26.3 Å². The van der Waals surface area contributed by atoms with Gasteiger partial charge < -0.3 is 15.4 Å². The first-order chi connectivity index (χ1) is 9.69. The first-order valence-electron chi connectivity index (χ1n) is 7.10. The van der Waals surface area contributed by atoms with Crippen molar-refractivity contribution in [2.45, 2.75) is 33.1 Å². The largest absolute Gasteiger partial charge is 0.381 e. The van der Waals surface area contributed by atoms with Crippen LogP contribution in [0.5, 0.6) is 0 Å². The zero-order valence-corrected chi connectivity index (χ0v) is 13.7. The standard InChI is InChI=1S/C14H23Cl2N3O/c1-3-5-8-20-9-6-7-18-14-12(16)10-11(15)13(19-14)17-4-2/h10H,3-9H2,1-2H3,(H2,17,18,19). The highest BCUT2D eigenvalue weighted by Crippen LogP contribution is 2.28. The molecule has 1 aromatic rings. The summed E-state index contributed by atoms with van der Waals surface area (Å²) in [7, 11) is 0. The van der Waals surface area contributed by atoms with Gasteiger partial charge >= 0.3 is 0 Å². The zero-order chi connectivity index (χ0) is 14.8. The van der Waals surface area contributed by atoms with Gasteiger partial charge in [-0.2, -0.15) is 0 Å². The van der Waals surface area contributed by atoms with Crippen molar-refractivity contribution in [2.75, 3.05) is 36.9 Å². The second-order valence-electron chi connectivity index (χ2n) is 4.43. The molecule has 2 N–H and O–H groups in total. The summed E-state index contributed by atoms with van der Waals surface area (Å²) in [6.45, 7) is 7.26. The normalized spacial score (nSPS) is 10.6. The molecule has 0 saturated carbocycles. The maximum absolute atomic E-state index is 6.11. The Morgan fingerprint density at radius 2 is 1.70 bits per heavy atom. The van der Waals surface area contributed by atoms with Gasteiger partial charge in [0.2, 0.25) is 0 Å². The molecule has 0 bridgehead atoms. The lowest BCUT2D eigenvalue weighted by Gasteiger charge is -2.11. The smallest absolute Gasteiger partial charge is 0.147 e. The molecule has 0 amide bonds. The van der Waals surface area contributed by atoms with Gasteiger partial charge in [0.1, 0.15) is 11.6 Å². The summed E-state index contributed by atoms with van der Waals surface area (Å²) in [4.78, 5) is 4.38. The van der Waals surface area contributed by atoms with Crippen molar-refractivity contribution >= 4 is 34.8 Å². The molecule has 1 aromatic heterocycles. The van der Waals surface area contributed by atoms with E-state index in [1.54, 1.807) is 6.07 Å². The monoisotopic (exact) mass is 319 g/mol. The lowest BCUT2D eigenvalue weighted by atomic mass is 10.3. The Morgan fingerprint density at radius 3 is 2.35 bits per heavy atom. The molecule has 20 heavy (non-hydrogen) atoms. The van der Waals surface area contributed by atoms with Gasteiger partial charge in [0.25, 0.3) is 0 Å². The average Bonchev–Trinajstić information content (AvgIpc) is 2.42. The Hall–Kier alpha value is -0.710. The summed E-state index contributed by atoms with van der Waals surface area (Å²) in [6, 6.07) is 1.70. The minimum atomic E-state index is 0.531. The quantitative estimate of drug-likeness (QED) is 0.626. The minimum absolute atomic E-state index is 0.531. The van der Waals surface area contributed by atoms with Gasteiger partial charge in [-0.1, -0.05) is 36.5 Å². The van der Waals surface area contributed by atoms with Crippen LogP contribution in [0.1, 0.15) is 33.1 Å². The van der Waals surface area contributed by atoms with Crippen LogP contribution < -0.4 is 10.6 Å². The molecular weight excluding hydrogens is 297 g/mol. The molecule has 0 atom stereocenters. The molecule has 0 spiro atoms. The van der Waals surface area contributed by atoms with Gasteiger partial charge in [-0.05, 0) is 25.8 Å². The third-order valence-corrected chi connectivity index (χ3v) is 3.25. The van der Waals surface area contributed by atoms with Crippen LogP contribution in [0.3, 0.4) is 0 Å². The maximum atomic E-state index is 6.11. The summed E-state index contributed by atoms with van der Waals surface area (Å²) in [5, 5.41) is 7.37. The van der Waals surface area contributed by atoms with Gasteiger partial charge in [-0.3, -0.25) is 0 Å². The van der Waals surface area contributed by atoms with E-state index in [1.807, 2.05) is 6.92 Å². The van der Waals surface area contributed by atoms with E-state index in [1.165, 1.54) is 0 Å². The maximum Gasteiger partial charge on any atom is 0.147 e. The molecule has 0 aliphatic rings. The van der Waals surface area contributed by atoms with E-state index in [4.69, 9.17) is 27.9 Å². The summed E-state index contributed by atoms with van der Waals surface area (Å²) < 4.78 is 5.50. The highest BCUT2D eigenvalue weighted by Gasteiger charge is 2.08. The van der Waals surface area contributed by atoms with Gasteiger partial charge in [-0.25, -0.2) is 4.98 Å². The molecule has 1 rings (SSSR count). The number of nitrogens with one attached hydrogen (secondary N) is 2. The van der Waals surface area contributed by atoms with Crippen molar-refractivity contribution in [1.29, 1.82) is 0 Å². The third-order valence-electron chi connectivity index (χ3n) is 2.67. The topological polar surface area (TPSA) is 46.2 Å². The predicted octanol–water partition coefficient (Wildman–Crippen LogP) is 4.44. The number of unbranched alkanes of at least 4 members (excludes halogenated alkanes) is 1. The molecular formula is C14H23Cl2N3O. The number of nitrogens with zero attached hydrogens (tertiary/aromatic N) is 1. The zero-order valence-electron chi connectivity index (χ0n) is 12.1. The average molecular weight is 320 g/mol. The number of ether oxygens (including phenoxy) is 1. The predicted molar refractivity (Wildman–Crippen MR) is 87.3 cm³/mol. The number of pyridine rings is 1. The molecule has 4 nitrogen and oxygen atoms in total. The molecule has 114 valence electrons. The Morgan fingerprint density at radius 1 is 1.05 bits per heavy atom. The highest BCUT2D eigenvalue weighted by atomic mass is 35.5. The minimum Gasteiger partial charge on any atom is -0.381 e. The van der Waals surface area contributed by atoms with Crippen molar-refractivity contribution in [1.82, 2.24) is 4.98 Å². The summed E-state index contributed by atoms with van der Waals surface area (Å²) in [5.41, 5.74) is 0. The van der Waals surface area contributed by atoms with E-state index < -0.39 is 0 Å². The van der Waals surface area contributed by atoms with Gasteiger partial charge in [0.05, 0.1) is 10.0 Å². The summed E-state index contributed by atoms with van der Waals surface area (Å²) >= 11 is 12.2. The molecule has 6 heteroatoms. The first kappa shape index (κ1) is 17.3. The van der Waals surface area contributed by atoms with Crippen LogP contribution in [0.2, 0.25) is 10.0 Å². The summed E-state index contributed by atoms with van der Waals surface area (Å²) in [5.74, 6) is 1.31. The third kappa shape index (κ3) is 6.16. The van der Waals surface area contributed by atoms with Gasteiger partial charge in [-0.15, -0.1) is 0 Å². The van der Waals surface area contributed by atoms with E-state index in [0.717, 1.165) is 45.6 Å². The lowest BCUT2D eigenvalue weighted by molar-refractivity contribution is 0.131. The Balaban J connectivity index is 2.37. The Labute approximate surface area is 131 Å². The van der Waals surface area contributed by atoms with E-state index in [-0.39, 0.29) is 0 Å². The van der Waals surface area contributed by atoms with Crippen molar-refractivity contribution in [3.05, 3.63) is 16.1 Å². The van der Waals surface area contributed by atoms with Crippen LogP contribution in [-0.2, 0) is 4.74 Å². The van der Waals surface area contributed by atoms with E-state index in [2.05, 4.69) is 22.5 Å². The second-order valence-corrected chi connectivity index (χ2v) is 5.24. The van der Waals surface area contributed by atoms with Crippen LogP contribution in [0.4, 0.5) is 11.6 Å². The summed E-state index contributed by atoms with van der Waals surface area (Å²) in [6.07, 6.45) is 3.20. The number of hydrogen-bond donors (Lipinski definition) is 2. The number of anilines is 2. The Bertz CT molecular complexity index is 402. The van der Waals surface area contributed by atoms with Gasteiger partial charge in [0.15, 0.2) is 0 Å². The molecule has 0 radical (unpaired) electrons. The van der Waals surface area contributed by atoms with E-state index in [0.29, 0.717) is 21.7 Å². The van der Waals surface area contributed by atoms with Crippen molar-refractivity contribution < 1.29 is 4.74 Å². The SMILES string of the molecule is CCCCOCCCNc1nc(NCC)c(Cl)cc1Cl. The lowest BCUT2D eigenvalue weighted by Crippen LogP contribution is -2.09. The fourth-order valence-corrected chi connectivity index (χ4v) is 2.10. The fourth-order valence-electron chi connectivity index (χ4n) is 1.61. The highest BCUT2D eigenvalue weighted by molar-refractivity contribution is 6.37. The number of halogens is 2. The molecule has 0 unspecified atom stereocenters. The molecule has 0 aromatic carbocycles. The Kier molecular flexibility index (Phi) is 8.74. The first-order valence-corrected chi connectivity index (χ1v) is 7.86. The van der Waals surface area contributed by atoms with E-state index >= 15 is 0 Å². The number of aromatic nitrogens is 1. The molecule has 0 aliphatic carbocycles. The van der Waals surface area contributed by atoms with Crippen LogP contribution >= 0.6 is 23.2 Å². The molecule has 0 saturated heterocycles. The van der Waals surface area contributed by atoms with Crippen LogP contribution in [0, 0.1) is 0 Å². The van der Waals surface area contributed by atoms with Crippen LogP contribution in [-0.4, -0.2) is 31.3 Å². The van der Waals surface area contributed by atoms with Crippen molar-refractivity contribution in [2.24, 2.45) is 0 Å². The molecule has 1 heterocycles. The molecule has 0 aliphatic heterocycles. The number of rotatable bonds is 10. The van der Waals surface area contributed by atoms with E-state index in [9.17, 15) is 0 Å². The molecule has 0 fully saturated rings. The van der Waals surface area contributed by atoms with Crippen LogP contribution in [0.25, 0.3) is 0 Å². The fraction of sp³-hybridized carbons (Fsp3) is 0.643. The number of hydrogen-bond acceptors (Lipinski definition) is 4. The second kappa shape index (κ2) is 10.1. The van der Waals surface area contributed by atoms with Crippen molar-refractivity contribution in [3.8, 4) is 0 Å². The van der Waals surface area contributed by atoms with Crippen LogP contribution in [0.15, 0.2) is 6.07 Å².